The number of rotatable bonds is 8. The van der Waals surface area contributed by atoms with Gasteiger partial charge in [-0.1, -0.05) is 66.3 Å². The van der Waals surface area contributed by atoms with E-state index in [2.05, 4.69) is 49.3 Å². The van der Waals surface area contributed by atoms with E-state index in [0.717, 1.165) is 68.2 Å². The Morgan fingerprint density at radius 2 is 1.73 bits per heavy atom. The first kappa shape index (κ1) is 30.7. The lowest BCUT2D eigenvalue weighted by Crippen LogP contribution is -2.31. The number of hydrogen-bond donors (Lipinski definition) is 0. The summed E-state index contributed by atoms with van der Waals surface area (Å²) in [4.78, 5) is 4.91. The van der Waals surface area contributed by atoms with E-state index in [4.69, 9.17) is 9.47 Å². The van der Waals surface area contributed by atoms with Crippen molar-refractivity contribution in [2.24, 2.45) is 11.8 Å². The third-order valence-corrected chi connectivity index (χ3v) is 6.52. The first-order chi connectivity index (χ1) is 17.9. The highest BCUT2D eigenvalue weighted by Crippen LogP contribution is 2.36. The van der Waals surface area contributed by atoms with Gasteiger partial charge in [0, 0.05) is 44.2 Å². The molecule has 206 valence electrons. The summed E-state index contributed by atoms with van der Waals surface area (Å²) in [7, 11) is 0. The van der Waals surface area contributed by atoms with Crippen LogP contribution in [0.2, 0.25) is 0 Å². The first-order valence-corrected chi connectivity index (χ1v) is 14.2. The molecule has 37 heavy (non-hydrogen) atoms. The van der Waals surface area contributed by atoms with Gasteiger partial charge in [-0.2, -0.15) is 0 Å². The van der Waals surface area contributed by atoms with Crippen molar-refractivity contribution in [1.29, 1.82) is 0 Å². The second-order valence-corrected chi connectivity index (χ2v) is 9.90. The zero-order valence-electron chi connectivity index (χ0n) is 24.3. The number of benzene rings is 2. The van der Waals surface area contributed by atoms with Crippen LogP contribution in [-0.2, 0) is 13.1 Å². The van der Waals surface area contributed by atoms with Crippen molar-refractivity contribution in [2.75, 3.05) is 32.8 Å². The number of fused-ring (bicyclic) bond motifs is 1. The van der Waals surface area contributed by atoms with Gasteiger partial charge in [0.25, 0.3) is 0 Å². The van der Waals surface area contributed by atoms with Gasteiger partial charge in [0.2, 0.25) is 0 Å². The van der Waals surface area contributed by atoms with Crippen LogP contribution in [0.5, 0.6) is 11.5 Å². The zero-order chi connectivity index (χ0) is 27.4. The van der Waals surface area contributed by atoms with E-state index in [9.17, 15) is 4.39 Å². The Morgan fingerprint density at radius 1 is 1.05 bits per heavy atom. The molecule has 0 spiro atoms. The van der Waals surface area contributed by atoms with Crippen molar-refractivity contribution in [1.82, 2.24) is 9.80 Å². The largest absolute Gasteiger partial charge is 0.490 e. The molecule has 2 aromatic carbocycles. The van der Waals surface area contributed by atoms with E-state index in [0.29, 0.717) is 25.0 Å². The smallest absolute Gasteiger partial charge is 0.164 e. The molecule has 0 radical (unpaired) electrons. The van der Waals surface area contributed by atoms with E-state index in [1.165, 1.54) is 11.3 Å². The molecule has 1 atom stereocenters. The minimum absolute atomic E-state index is 0.180. The van der Waals surface area contributed by atoms with Crippen molar-refractivity contribution in [3.8, 4) is 11.5 Å². The quantitative estimate of drug-likeness (QED) is 0.360. The Balaban J connectivity index is 0.00000115. The van der Waals surface area contributed by atoms with Crippen molar-refractivity contribution in [2.45, 2.75) is 74.4 Å². The van der Waals surface area contributed by atoms with Gasteiger partial charge < -0.3 is 14.4 Å². The molecule has 0 aliphatic carbocycles. The summed E-state index contributed by atoms with van der Waals surface area (Å²) >= 11 is 0. The van der Waals surface area contributed by atoms with Crippen LogP contribution < -0.4 is 9.47 Å². The van der Waals surface area contributed by atoms with Crippen LogP contribution in [0.25, 0.3) is 0 Å². The molecule has 0 bridgehead atoms. The predicted molar refractivity (Wildman–Crippen MR) is 154 cm³/mol. The highest BCUT2D eigenvalue weighted by molar-refractivity contribution is 5.49. The maximum atomic E-state index is 13.2. The fourth-order valence-corrected chi connectivity index (χ4v) is 4.91. The Bertz CT molecular complexity index is 958. The lowest BCUT2D eigenvalue weighted by Gasteiger charge is -2.32. The second kappa shape index (κ2) is 15.7. The van der Waals surface area contributed by atoms with Gasteiger partial charge >= 0.3 is 0 Å². The molecule has 2 aromatic rings. The standard InChI is InChI=1S/C28H37FN2O2.2C2H6/c1-20(2)16-31(18-24-14-21(3)28-27(15-24)32-12-5-13-33-28)22(4)25-10-11-30(19-25)17-23-6-8-26(29)9-7-23;2*1-2/h6-9,14-15,20,25H,4-5,10-13,16-19H2,1-3H3;2*1-2H3/t25-;;/m1../s1. The summed E-state index contributed by atoms with van der Waals surface area (Å²) in [6.45, 7) is 25.3. The molecule has 0 saturated carbocycles. The molecule has 0 N–H and O–H groups in total. The summed E-state index contributed by atoms with van der Waals surface area (Å²) < 4.78 is 25.1. The number of hydrogen-bond acceptors (Lipinski definition) is 4. The molecule has 5 heteroatoms. The van der Waals surface area contributed by atoms with Crippen LogP contribution in [0.15, 0.2) is 48.7 Å². The van der Waals surface area contributed by atoms with Gasteiger partial charge in [0.1, 0.15) is 5.82 Å². The Hall–Kier alpha value is -2.53. The summed E-state index contributed by atoms with van der Waals surface area (Å²) in [6, 6.07) is 11.2. The van der Waals surface area contributed by atoms with Crippen LogP contribution >= 0.6 is 0 Å². The topological polar surface area (TPSA) is 24.9 Å². The normalized spacial score (nSPS) is 16.7. The Labute approximate surface area is 225 Å². The van der Waals surface area contributed by atoms with E-state index in [1.54, 1.807) is 12.1 Å². The van der Waals surface area contributed by atoms with Gasteiger partial charge in [-0.25, -0.2) is 4.39 Å². The number of nitrogens with zero attached hydrogens (tertiary/aromatic N) is 2. The molecule has 0 amide bonds. The lowest BCUT2D eigenvalue weighted by atomic mass is 10.0. The molecule has 0 unspecified atom stereocenters. The third kappa shape index (κ3) is 9.07. The number of ether oxygens (including phenoxy) is 2. The molecule has 1 fully saturated rings. The minimum atomic E-state index is -0.180. The molecule has 4 rings (SSSR count). The van der Waals surface area contributed by atoms with Crippen LogP contribution in [0.1, 0.15) is 71.1 Å². The van der Waals surface area contributed by atoms with Crippen molar-refractivity contribution >= 4 is 0 Å². The van der Waals surface area contributed by atoms with E-state index < -0.39 is 0 Å². The average Bonchev–Trinajstić information content (AvgIpc) is 3.22. The minimum Gasteiger partial charge on any atom is -0.490 e. The third-order valence-electron chi connectivity index (χ3n) is 6.52. The lowest BCUT2D eigenvalue weighted by molar-refractivity contribution is 0.256. The molecular weight excluding hydrogens is 463 g/mol. The Morgan fingerprint density at radius 3 is 2.41 bits per heavy atom. The second-order valence-electron chi connectivity index (χ2n) is 9.90. The highest BCUT2D eigenvalue weighted by Gasteiger charge is 2.28. The molecule has 0 aromatic heterocycles. The zero-order valence-corrected chi connectivity index (χ0v) is 24.3. The molecule has 2 heterocycles. The maximum absolute atomic E-state index is 13.2. The molecular formula is C32H49FN2O2. The van der Waals surface area contributed by atoms with E-state index >= 15 is 0 Å². The predicted octanol–water partition coefficient (Wildman–Crippen LogP) is 7.84. The van der Waals surface area contributed by atoms with E-state index in [-0.39, 0.29) is 5.82 Å². The van der Waals surface area contributed by atoms with Crippen LogP contribution in [-0.4, -0.2) is 42.6 Å². The fraction of sp³-hybridized carbons (Fsp3) is 0.562. The SMILES string of the molecule is C=C([C@@H]1CCN(Cc2ccc(F)cc2)C1)N(Cc1cc(C)c2c(c1)OCCCO2)CC(C)C.CC.CC. The van der Waals surface area contributed by atoms with Gasteiger partial charge in [0.15, 0.2) is 11.5 Å². The van der Waals surface area contributed by atoms with Crippen molar-refractivity contribution in [3.05, 3.63) is 71.2 Å². The Kier molecular flexibility index (Phi) is 13.0. The number of aryl methyl sites for hydroxylation is 1. The summed E-state index contributed by atoms with van der Waals surface area (Å²) in [6.07, 6.45) is 2.02. The summed E-state index contributed by atoms with van der Waals surface area (Å²) in [5.74, 6) is 2.55. The van der Waals surface area contributed by atoms with Crippen LogP contribution in [0.3, 0.4) is 0 Å². The summed E-state index contributed by atoms with van der Waals surface area (Å²) in [5.41, 5.74) is 4.74. The van der Waals surface area contributed by atoms with Gasteiger partial charge in [0.05, 0.1) is 13.2 Å². The number of likely N-dealkylation sites (tertiary alicyclic amines) is 1. The van der Waals surface area contributed by atoms with E-state index in [1.807, 2.05) is 39.8 Å². The average molecular weight is 513 g/mol. The molecule has 1 saturated heterocycles. The molecule has 2 aliphatic rings. The fourth-order valence-electron chi connectivity index (χ4n) is 4.91. The number of halogens is 1. The molecule has 4 nitrogen and oxygen atoms in total. The first-order valence-electron chi connectivity index (χ1n) is 14.2. The highest BCUT2D eigenvalue weighted by atomic mass is 19.1. The summed E-state index contributed by atoms with van der Waals surface area (Å²) in [5, 5.41) is 0. The van der Waals surface area contributed by atoms with Crippen molar-refractivity contribution < 1.29 is 13.9 Å². The van der Waals surface area contributed by atoms with Crippen LogP contribution in [0.4, 0.5) is 4.39 Å². The monoisotopic (exact) mass is 512 g/mol. The van der Waals surface area contributed by atoms with Gasteiger partial charge in [-0.15, -0.1) is 0 Å². The van der Waals surface area contributed by atoms with Crippen molar-refractivity contribution in [3.63, 3.8) is 0 Å². The van der Waals surface area contributed by atoms with Crippen LogP contribution in [0, 0.1) is 24.6 Å². The maximum Gasteiger partial charge on any atom is 0.164 e. The van der Waals surface area contributed by atoms with Gasteiger partial charge in [-0.3, -0.25) is 4.90 Å². The molecule has 2 aliphatic heterocycles. The van der Waals surface area contributed by atoms with Gasteiger partial charge in [-0.05, 0) is 60.7 Å².